The lowest BCUT2D eigenvalue weighted by molar-refractivity contribution is -0.134. The maximum atomic E-state index is 12.5. The molecule has 2 amide bonds. The molecule has 0 radical (unpaired) electrons. The molecule has 0 saturated carbocycles. The van der Waals surface area contributed by atoms with Crippen molar-refractivity contribution in [2.75, 3.05) is 5.32 Å². The summed E-state index contributed by atoms with van der Waals surface area (Å²) in [6.45, 7) is 12.2. The first kappa shape index (κ1) is 31.0. The van der Waals surface area contributed by atoms with Crippen LogP contribution < -0.4 is 15.4 Å². The summed E-state index contributed by atoms with van der Waals surface area (Å²) in [4.78, 5) is 40.5. The molecule has 2 aromatic carbocycles. The van der Waals surface area contributed by atoms with Gasteiger partial charge in [0.1, 0.15) is 5.75 Å². The van der Waals surface area contributed by atoms with E-state index in [1.54, 1.807) is 37.5 Å². The number of hydrogen-bond donors (Lipinski definition) is 2. The first-order valence-electron chi connectivity index (χ1n) is 12.8. The predicted octanol–water partition coefficient (Wildman–Crippen LogP) is 6.89. The normalized spacial score (nSPS) is 9.57. The fourth-order valence-corrected chi connectivity index (χ4v) is 3.16. The third kappa shape index (κ3) is 11.5. The van der Waals surface area contributed by atoms with Gasteiger partial charge in [-0.2, -0.15) is 0 Å². The highest BCUT2D eigenvalue weighted by atomic mass is 16.5. The Hall–Kier alpha value is -4.00. The number of ether oxygens (including phenoxy) is 1. The molecule has 0 atom stereocenters. The van der Waals surface area contributed by atoms with Crippen molar-refractivity contribution in [3.05, 3.63) is 89.2 Å². The Morgan fingerprint density at radius 2 is 1.51 bits per heavy atom. The Kier molecular flexibility index (Phi) is 14.6. The minimum atomic E-state index is -0.423. The van der Waals surface area contributed by atoms with Crippen molar-refractivity contribution < 1.29 is 22.0 Å². The minimum Gasteiger partial charge on any atom is -0.427 e. The van der Waals surface area contributed by atoms with Crippen LogP contribution in [-0.4, -0.2) is 22.8 Å². The van der Waals surface area contributed by atoms with Gasteiger partial charge >= 0.3 is 5.97 Å². The van der Waals surface area contributed by atoms with Gasteiger partial charge in [0, 0.05) is 45.9 Å². The van der Waals surface area contributed by atoms with Crippen LogP contribution in [0.5, 0.6) is 5.75 Å². The van der Waals surface area contributed by atoms with Crippen LogP contribution in [0.1, 0.15) is 76.9 Å². The molecule has 0 bridgehead atoms. The van der Waals surface area contributed by atoms with Crippen molar-refractivity contribution in [1.82, 2.24) is 10.3 Å². The lowest BCUT2D eigenvalue weighted by Crippen LogP contribution is -2.22. The number of benzene rings is 2. The van der Waals surface area contributed by atoms with Gasteiger partial charge in [-0.3, -0.25) is 19.4 Å². The highest BCUT2D eigenvalue weighted by Gasteiger charge is 2.13. The second kappa shape index (κ2) is 17.4. The summed E-state index contributed by atoms with van der Waals surface area (Å²) < 4.78 is 5.36. The number of nitrogens with one attached hydrogen (secondary N) is 2. The van der Waals surface area contributed by atoms with E-state index in [9.17, 15) is 14.4 Å². The van der Waals surface area contributed by atoms with E-state index in [0.29, 0.717) is 35.5 Å². The first-order valence-corrected chi connectivity index (χ1v) is 12.8. The maximum Gasteiger partial charge on any atom is 0.311 e. The largest absolute Gasteiger partial charge is 0.427 e. The average molecular weight is 510 g/mol. The van der Waals surface area contributed by atoms with Gasteiger partial charge < -0.3 is 15.4 Å². The van der Waals surface area contributed by atoms with Crippen LogP contribution in [0.3, 0.4) is 0 Å². The molecule has 7 nitrogen and oxygen atoms in total. The summed E-state index contributed by atoms with van der Waals surface area (Å²) >= 11 is 0. The van der Waals surface area contributed by atoms with Crippen LogP contribution in [0.4, 0.5) is 5.69 Å². The molecule has 1 aromatic heterocycles. The first-order chi connectivity index (χ1) is 17.9. The van der Waals surface area contributed by atoms with E-state index in [2.05, 4.69) is 15.6 Å². The third-order valence-corrected chi connectivity index (χ3v) is 5.01. The summed E-state index contributed by atoms with van der Waals surface area (Å²) in [5.41, 5.74) is 3.98. The summed E-state index contributed by atoms with van der Waals surface area (Å²) in [6.07, 6.45) is 4.08. The van der Waals surface area contributed by atoms with Gasteiger partial charge in [-0.05, 0) is 73.9 Å². The molecule has 1 heterocycles. The lowest BCUT2D eigenvalue weighted by atomic mass is 10.1. The highest BCUT2D eigenvalue weighted by molar-refractivity contribution is 6.05. The van der Waals surface area contributed by atoms with Gasteiger partial charge in [0.25, 0.3) is 5.91 Å². The smallest absolute Gasteiger partial charge is 0.311 e. The number of anilines is 1. The van der Waals surface area contributed by atoms with Gasteiger partial charge in [-0.25, -0.2) is 0 Å². The van der Waals surface area contributed by atoms with Crippen LogP contribution in [0.25, 0.3) is 0 Å². The Bertz CT molecular complexity index is 1120. The van der Waals surface area contributed by atoms with Crippen LogP contribution in [0.2, 0.25) is 0 Å². The molecule has 0 unspecified atom stereocenters. The zero-order chi connectivity index (χ0) is 27.6. The van der Waals surface area contributed by atoms with Crippen molar-refractivity contribution >= 4 is 23.5 Å². The second-order valence-electron chi connectivity index (χ2n) is 7.76. The van der Waals surface area contributed by atoms with Crippen LogP contribution in [0.15, 0.2) is 67.0 Å². The Balaban J connectivity index is 0. The average Bonchev–Trinajstić information content (AvgIpc) is 2.91. The number of carbonyl (C=O) groups is 3. The lowest BCUT2D eigenvalue weighted by Gasteiger charge is -2.10. The van der Waals surface area contributed by atoms with Crippen molar-refractivity contribution in [2.24, 2.45) is 0 Å². The molecule has 0 aliphatic carbocycles. The number of aryl methyl sites for hydroxylation is 2. The van der Waals surface area contributed by atoms with Crippen LogP contribution in [-0.2, 0) is 16.1 Å². The summed E-state index contributed by atoms with van der Waals surface area (Å²) in [6, 6.07) is 16.1. The monoisotopic (exact) mass is 509 g/mol. The summed E-state index contributed by atoms with van der Waals surface area (Å²) in [7, 11) is 0. The maximum absolute atomic E-state index is 12.5. The number of pyridine rings is 1. The molecule has 2 N–H and O–H groups in total. The number of rotatable bonds is 9. The van der Waals surface area contributed by atoms with Crippen LogP contribution >= 0.6 is 0 Å². The molecule has 0 saturated heterocycles. The fourth-order valence-electron chi connectivity index (χ4n) is 3.16. The molecule has 0 aliphatic rings. The van der Waals surface area contributed by atoms with E-state index in [4.69, 9.17) is 4.74 Å². The van der Waals surface area contributed by atoms with E-state index >= 15 is 0 Å². The standard InChI is InChI=1S/C26H27N3O4.2C2H6.2H2/c1-18-6-8-21(9-7-18)29-26(32)23-11-10-22(16-19(23)2)33-25(31)5-3-4-24(30)28-17-20-12-14-27-15-13-20;2*1-2;;/h6-16H,3-5,17H2,1-2H3,(H,28,30)(H,29,32);2*1-2H3;2*1H. The topological polar surface area (TPSA) is 97.4 Å². The second-order valence-corrected chi connectivity index (χ2v) is 7.76. The predicted molar refractivity (Wildman–Crippen MR) is 153 cm³/mol. The Morgan fingerprint density at radius 3 is 2.14 bits per heavy atom. The molecule has 37 heavy (non-hydrogen) atoms. The number of carbonyl (C=O) groups excluding carboxylic acids is 3. The SMILES string of the molecule is CC.CC.Cc1ccc(NC(=O)c2ccc(OC(=O)CCCC(=O)NCc3ccncc3)cc2C)cc1.[HH].[HH]. The van der Waals surface area contributed by atoms with E-state index < -0.39 is 5.97 Å². The van der Waals surface area contributed by atoms with Gasteiger partial charge in [0.2, 0.25) is 5.91 Å². The van der Waals surface area contributed by atoms with E-state index in [1.807, 2.05) is 71.0 Å². The molecular formula is C30H43N3O4. The third-order valence-electron chi connectivity index (χ3n) is 5.01. The van der Waals surface area contributed by atoms with Crippen molar-refractivity contribution in [3.63, 3.8) is 0 Å². The minimum absolute atomic E-state index is 0. The zero-order valence-electron chi connectivity index (χ0n) is 22.8. The molecule has 3 aromatic rings. The fraction of sp³-hybridized carbons (Fsp3) is 0.333. The quantitative estimate of drug-likeness (QED) is 0.242. The van der Waals surface area contributed by atoms with E-state index in [0.717, 1.165) is 11.1 Å². The van der Waals surface area contributed by atoms with Gasteiger partial charge in [0.15, 0.2) is 0 Å². The molecule has 0 fully saturated rings. The molecule has 202 valence electrons. The van der Waals surface area contributed by atoms with E-state index in [-0.39, 0.29) is 27.5 Å². The Labute approximate surface area is 223 Å². The molecule has 0 spiro atoms. The van der Waals surface area contributed by atoms with Gasteiger partial charge in [0.05, 0.1) is 0 Å². The van der Waals surface area contributed by atoms with Gasteiger partial charge in [-0.15, -0.1) is 0 Å². The number of hydrogen-bond acceptors (Lipinski definition) is 5. The van der Waals surface area contributed by atoms with Crippen LogP contribution in [0, 0.1) is 13.8 Å². The summed E-state index contributed by atoms with van der Waals surface area (Å²) in [5, 5.41) is 5.67. The molecule has 3 rings (SSSR count). The highest BCUT2D eigenvalue weighted by Crippen LogP contribution is 2.20. The zero-order valence-corrected chi connectivity index (χ0v) is 22.8. The molecule has 7 heteroatoms. The number of aromatic nitrogens is 1. The van der Waals surface area contributed by atoms with E-state index in [1.165, 1.54) is 0 Å². The number of amides is 2. The Morgan fingerprint density at radius 1 is 0.865 bits per heavy atom. The molecular weight excluding hydrogens is 466 g/mol. The van der Waals surface area contributed by atoms with Gasteiger partial charge in [-0.1, -0.05) is 45.4 Å². The summed E-state index contributed by atoms with van der Waals surface area (Å²) in [5.74, 6) is -0.411. The number of nitrogens with zero attached hydrogens (tertiary/aromatic N) is 1. The van der Waals surface area contributed by atoms with Crippen molar-refractivity contribution in [1.29, 1.82) is 0 Å². The molecule has 0 aliphatic heterocycles. The van der Waals surface area contributed by atoms with Crippen molar-refractivity contribution in [2.45, 2.75) is 67.3 Å². The number of esters is 1. The van der Waals surface area contributed by atoms with Crippen molar-refractivity contribution in [3.8, 4) is 5.75 Å².